The number of hydrogen-bond donors (Lipinski definition) is 2. The minimum Gasteiger partial charge on any atom is -0.382 e. The van der Waals surface area contributed by atoms with Crippen LogP contribution in [0.15, 0.2) is 48.5 Å². The molecule has 0 aliphatic heterocycles. The van der Waals surface area contributed by atoms with Gasteiger partial charge >= 0.3 is 6.18 Å². The Balaban J connectivity index is 1.87. The van der Waals surface area contributed by atoms with E-state index in [1.807, 2.05) is 31.2 Å². The predicted octanol–water partition coefficient (Wildman–Crippen LogP) is 5.03. The predicted molar refractivity (Wildman–Crippen MR) is 95.9 cm³/mol. The zero-order valence-electron chi connectivity index (χ0n) is 13.6. The highest BCUT2D eigenvalue weighted by Gasteiger charge is 2.31. The number of carbonyl (C=O) groups is 1. The second-order valence-electron chi connectivity index (χ2n) is 5.63. The van der Waals surface area contributed by atoms with Crippen molar-refractivity contribution in [2.45, 2.75) is 13.1 Å². The van der Waals surface area contributed by atoms with Gasteiger partial charge in [0.2, 0.25) is 5.78 Å². The highest BCUT2D eigenvalue weighted by molar-refractivity contribution is 7.18. The molecule has 0 fully saturated rings. The Morgan fingerprint density at radius 3 is 2.50 bits per heavy atom. The number of ketones is 1. The van der Waals surface area contributed by atoms with E-state index in [9.17, 15) is 18.0 Å². The molecule has 0 bridgehead atoms. The number of carbonyl (C=O) groups excluding carboxylic acids is 1. The molecule has 3 aromatic rings. The number of hydrogen-bond acceptors (Lipinski definition) is 5. The van der Waals surface area contributed by atoms with Gasteiger partial charge in [0.1, 0.15) is 10.7 Å². The van der Waals surface area contributed by atoms with Gasteiger partial charge < -0.3 is 11.1 Å². The van der Waals surface area contributed by atoms with Crippen molar-refractivity contribution in [3.05, 3.63) is 70.1 Å². The molecule has 8 heteroatoms. The molecule has 3 rings (SSSR count). The number of aryl methyl sites for hydroxylation is 1. The number of halogens is 3. The molecule has 0 aliphatic carbocycles. The first-order valence-corrected chi connectivity index (χ1v) is 8.37. The van der Waals surface area contributed by atoms with E-state index < -0.39 is 17.5 Å². The fourth-order valence-electron chi connectivity index (χ4n) is 2.28. The summed E-state index contributed by atoms with van der Waals surface area (Å²) in [5.74, 6) is -0.616. The van der Waals surface area contributed by atoms with Gasteiger partial charge in [-0.15, -0.1) is 0 Å². The Morgan fingerprint density at radius 2 is 1.85 bits per heavy atom. The number of anilines is 3. The second kappa shape index (κ2) is 6.80. The number of nitrogens with two attached hydrogens (primary N) is 1. The third-order valence-corrected chi connectivity index (χ3v) is 4.60. The summed E-state index contributed by atoms with van der Waals surface area (Å²) in [7, 11) is 0. The van der Waals surface area contributed by atoms with Gasteiger partial charge in [-0.2, -0.15) is 13.2 Å². The van der Waals surface area contributed by atoms with Crippen molar-refractivity contribution in [1.82, 2.24) is 4.98 Å². The standard InChI is InChI=1S/C18H14F3N3OS/c1-10-5-7-13(8-6-10)23-17-24-16(22)15(26-17)14(25)11-3-2-4-12(9-11)18(19,20)21/h2-9H,22H2,1H3,(H,23,24). The Hall–Kier alpha value is -2.87. The van der Waals surface area contributed by atoms with E-state index in [-0.39, 0.29) is 16.3 Å². The SMILES string of the molecule is Cc1ccc(Nc2nc(N)c(C(=O)c3cccc(C(F)(F)F)c3)s2)cc1. The van der Waals surface area contributed by atoms with Crippen LogP contribution in [0.5, 0.6) is 0 Å². The maximum Gasteiger partial charge on any atom is 0.416 e. The van der Waals surface area contributed by atoms with Gasteiger partial charge in [0, 0.05) is 11.3 Å². The first-order valence-electron chi connectivity index (χ1n) is 7.56. The zero-order chi connectivity index (χ0) is 18.9. The van der Waals surface area contributed by atoms with Crippen LogP contribution in [0.3, 0.4) is 0 Å². The maximum atomic E-state index is 12.8. The van der Waals surface area contributed by atoms with Gasteiger partial charge in [0.15, 0.2) is 5.13 Å². The first-order chi connectivity index (χ1) is 12.2. The molecule has 0 saturated heterocycles. The lowest BCUT2D eigenvalue weighted by molar-refractivity contribution is -0.137. The van der Waals surface area contributed by atoms with E-state index in [1.54, 1.807) is 0 Å². The Kier molecular flexibility index (Phi) is 4.69. The monoisotopic (exact) mass is 377 g/mol. The van der Waals surface area contributed by atoms with Crippen molar-refractivity contribution in [3.63, 3.8) is 0 Å². The summed E-state index contributed by atoms with van der Waals surface area (Å²) in [5, 5.41) is 3.42. The molecule has 3 N–H and O–H groups in total. The van der Waals surface area contributed by atoms with Crippen LogP contribution in [0.25, 0.3) is 0 Å². The molecule has 0 amide bonds. The van der Waals surface area contributed by atoms with Gasteiger partial charge in [-0.25, -0.2) is 4.98 Å². The van der Waals surface area contributed by atoms with Gasteiger partial charge in [0.25, 0.3) is 0 Å². The summed E-state index contributed by atoms with van der Waals surface area (Å²) < 4.78 is 38.5. The average Bonchev–Trinajstić information content (AvgIpc) is 2.96. The summed E-state index contributed by atoms with van der Waals surface area (Å²) in [6, 6.07) is 11.8. The molecular formula is C18H14F3N3OS. The largest absolute Gasteiger partial charge is 0.416 e. The number of thiazole rings is 1. The van der Waals surface area contributed by atoms with Gasteiger partial charge in [0.05, 0.1) is 5.56 Å². The third-order valence-electron chi connectivity index (χ3n) is 3.61. The second-order valence-corrected chi connectivity index (χ2v) is 6.63. The van der Waals surface area contributed by atoms with Crippen molar-refractivity contribution < 1.29 is 18.0 Å². The first kappa shape index (κ1) is 17.9. The number of nitrogens with zero attached hydrogens (tertiary/aromatic N) is 1. The lowest BCUT2D eigenvalue weighted by atomic mass is 10.1. The Morgan fingerprint density at radius 1 is 1.15 bits per heavy atom. The van der Waals surface area contributed by atoms with Crippen molar-refractivity contribution in [3.8, 4) is 0 Å². The molecular weight excluding hydrogens is 363 g/mol. The van der Waals surface area contributed by atoms with E-state index in [1.165, 1.54) is 12.1 Å². The summed E-state index contributed by atoms with van der Waals surface area (Å²) in [5.41, 5.74) is 6.69. The number of nitrogens with one attached hydrogen (secondary N) is 1. The molecule has 0 radical (unpaired) electrons. The lowest BCUT2D eigenvalue weighted by Crippen LogP contribution is -2.08. The third kappa shape index (κ3) is 3.85. The molecule has 0 spiro atoms. The van der Waals surface area contributed by atoms with Crippen LogP contribution in [0.4, 0.5) is 29.8 Å². The fourth-order valence-corrected chi connectivity index (χ4v) is 3.14. The highest BCUT2D eigenvalue weighted by atomic mass is 32.1. The Bertz CT molecular complexity index is 949. The van der Waals surface area contributed by atoms with Crippen LogP contribution >= 0.6 is 11.3 Å². The van der Waals surface area contributed by atoms with E-state index in [4.69, 9.17) is 5.73 Å². The van der Waals surface area contributed by atoms with Crippen molar-refractivity contribution in [2.75, 3.05) is 11.1 Å². The van der Waals surface area contributed by atoms with Gasteiger partial charge in [-0.1, -0.05) is 41.2 Å². The average molecular weight is 377 g/mol. The van der Waals surface area contributed by atoms with Crippen LogP contribution < -0.4 is 11.1 Å². The van der Waals surface area contributed by atoms with Crippen LogP contribution in [0.2, 0.25) is 0 Å². The summed E-state index contributed by atoms with van der Waals surface area (Å²) in [6.07, 6.45) is -4.52. The maximum absolute atomic E-state index is 12.8. The number of alkyl halides is 3. The quantitative estimate of drug-likeness (QED) is 0.626. The molecule has 0 unspecified atom stereocenters. The van der Waals surface area contributed by atoms with E-state index in [0.717, 1.165) is 34.7 Å². The summed E-state index contributed by atoms with van der Waals surface area (Å²) >= 11 is 0.997. The molecule has 26 heavy (non-hydrogen) atoms. The normalized spacial score (nSPS) is 11.4. The Labute approximate surface area is 151 Å². The van der Waals surface area contributed by atoms with Crippen LogP contribution in [-0.2, 0) is 6.18 Å². The number of nitrogen functional groups attached to an aromatic ring is 1. The number of aromatic nitrogens is 1. The number of benzene rings is 2. The van der Waals surface area contributed by atoms with Crippen molar-refractivity contribution >= 4 is 33.8 Å². The minimum absolute atomic E-state index is 0.0213. The summed E-state index contributed by atoms with van der Waals surface area (Å²) in [4.78, 5) is 16.7. The van der Waals surface area contributed by atoms with Crippen LogP contribution in [-0.4, -0.2) is 10.8 Å². The van der Waals surface area contributed by atoms with E-state index in [0.29, 0.717) is 5.13 Å². The zero-order valence-corrected chi connectivity index (χ0v) is 14.4. The molecule has 134 valence electrons. The smallest absolute Gasteiger partial charge is 0.382 e. The number of rotatable bonds is 4. The van der Waals surface area contributed by atoms with Gasteiger partial charge in [-0.05, 0) is 31.2 Å². The molecule has 4 nitrogen and oxygen atoms in total. The molecule has 1 aromatic heterocycles. The molecule has 1 heterocycles. The van der Waals surface area contributed by atoms with Crippen LogP contribution in [0.1, 0.15) is 26.4 Å². The van der Waals surface area contributed by atoms with Crippen LogP contribution in [0, 0.1) is 6.92 Å². The fraction of sp³-hybridized carbons (Fsp3) is 0.111. The highest BCUT2D eigenvalue weighted by Crippen LogP contribution is 2.32. The molecule has 0 atom stereocenters. The topological polar surface area (TPSA) is 68.0 Å². The van der Waals surface area contributed by atoms with E-state index in [2.05, 4.69) is 10.3 Å². The van der Waals surface area contributed by atoms with Crippen molar-refractivity contribution in [1.29, 1.82) is 0 Å². The molecule has 2 aromatic carbocycles. The summed E-state index contributed by atoms with van der Waals surface area (Å²) in [6.45, 7) is 1.96. The lowest BCUT2D eigenvalue weighted by Gasteiger charge is -2.07. The molecule has 0 aliphatic rings. The van der Waals surface area contributed by atoms with Crippen molar-refractivity contribution in [2.24, 2.45) is 0 Å². The molecule has 0 saturated carbocycles. The van der Waals surface area contributed by atoms with Gasteiger partial charge in [-0.3, -0.25) is 4.79 Å². The minimum atomic E-state index is -4.52. The van der Waals surface area contributed by atoms with E-state index >= 15 is 0 Å².